The van der Waals surface area contributed by atoms with Crippen molar-refractivity contribution in [3.8, 4) is 5.69 Å². The summed E-state index contributed by atoms with van der Waals surface area (Å²) >= 11 is 11.9. The van der Waals surface area contributed by atoms with Crippen LogP contribution in [0.4, 0.5) is 4.79 Å². The number of benzene rings is 2. The number of rotatable bonds is 6. The molecule has 0 atom stereocenters. The van der Waals surface area contributed by atoms with Gasteiger partial charge in [-0.15, -0.1) is 0 Å². The summed E-state index contributed by atoms with van der Waals surface area (Å²) in [6.45, 7) is 0.152. The minimum atomic E-state index is -0.580. The highest BCUT2D eigenvalue weighted by Gasteiger charge is 2.34. The van der Waals surface area contributed by atoms with Gasteiger partial charge in [0, 0.05) is 17.2 Å². The lowest BCUT2D eigenvalue weighted by Crippen LogP contribution is -2.30. The van der Waals surface area contributed by atoms with E-state index in [-0.39, 0.29) is 24.4 Å². The Kier molecular flexibility index (Phi) is 6.18. The fourth-order valence-electron chi connectivity index (χ4n) is 3.35. The molecule has 3 amide bonds. The van der Waals surface area contributed by atoms with Gasteiger partial charge in [0.05, 0.1) is 30.1 Å². The van der Waals surface area contributed by atoms with Crippen molar-refractivity contribution in [2.45, 2.75) is 13.2 Å². The summed E-state index contributed by atoms with van der Waals surface area (Å²) in [6.07, 6.45) is 1.36. The molecule has 3 aromatic rings. The molecular weight excluding hydrogens is 455 g/mol. The van der Waals surface area contributed by atoms with Crippen LogP contribution < -0.4 is 10.9 Å². The molecule has 0 bridgehead atoms. The summed E-state index contributed by atoms with van der Waals surface area (Å²) in [5.41, 5.74) is 1.51. The molecule has 4 rings (SSSR count). The van der Waals surface area contributed by atoms with Gasteiger partial charge in [-0.25, -0.2) is 9.48 Å². The molecule has 32 heavy (non-hydrogen) atoms. The number of hydrogen-bond donors (Lipinski definition) is 2. The van der Waals surface area contributed by atoms with Crippen molar-refractivity contribution >= 4 is 41.2 Å². The SMILES string of the molecule is COCc1[nH]n(-c2ccc(Cl)cc2)c(=O)c1/C=C1\NC(=O)N(Cc2cccc(Cl)c2)C1=O. The standard InChI is InChI=1S/C22H18Cl2N4O4/c1-32-12-19-17(20(29)28(26-19)16-7-5-14(23)6-8-16)10-18-21(30)27(22(31)25-18)11-13-3-2-4-15(24)9-13/h2-10,26H,11-12H2,1H3,(H,25,31)/b18-10-. The maximum atomic E-state index is 13.1. The van der Waals surface area contributed by atoms with Crippen LogP contribution in [-0.2, 0) is 22.7 Å². The van der Waals surface area contributed by atoms with Crippen LogP contribution in [-0.4, -0.2) is 33.7 Å². The number of amides is 3. The number of carbonyl (C=O) groups is 2. The molecule has 0 unspecified atom stereocenters. The monoisotopic (exact) mass is 472 g/mol. The van der Waals surface area contributed by atoms with E-state index >= 15 is 0 Å². The number of halogens is 2. The summed E-state index contributed by atoms with van der Waals surface area (Å²) in [6, 6.07) is 13.0. The molecule has 2 aromatic carbocycles. The Bertz CT molecular complexity index is 1280. The lowest BCUT2D eigenvalue weighted by atomic mass is 10.2. The van der Waals surface area contributed by atoms with Gasteiger partial charge < -0.3 is 10.1 Å². The number of aromatic amines is 1. The van der Waals surface area contributed by atoms with Crippen LogP contribution in [0.25, 0.3) is 11.8 Å². The summed E-state index contributed by atoms with van der Waals surface area (Å²) in [5.74, 6) is -0.544. The van der Waals surface area contributed by atoms with E-state index in [1.54, 1.807) is 48.5 Å². The van der Waals surface area contributed by atoms with Gasteiger partial charge in [0.15, 0.2) is 0 Å². The van der Waals surface area contributed by atoms with Crippen molar-refractivity contribution in [1.29, 1.82) is 0 Å². The maximum Gasteiger partial charge on any atom is 0.329 e. The Hall–Kier alpha value is -3.33. The Labute approximate surface area is 193 Å². The highest BCUT2D eigenvalue weighted by atomic mass is 35.5. The number of imide groups is 1. The first-order valence-corrected chi connectivity index (χ1v) is 10.3. The second-order valence-corrected chi connectivity index (χ2v) is 7.94. The lowest BCUT2D eigenvalue weighted by molar-refractivity contribution is -0.123. The van der Waals surface area contributed by atoms with Crippen LogP contribution in [0.15, 0.2) is 59.0 Å². The van der Waals surface area contributed by atoms with Gasteiger partial charge >= 0.3 is 6.03 Å². The third kappa shape index (κ3) is 4.34. The highest BCUT2D eigenvalue weighted by Crippen LogP contribution is 2.20. The number of aromatic nitrogens is 2. The summed E-state index contributed by atoms with van der Waals surface area (Å²) in [7, 11) is 1.49. The molecule has 0 spiro atoms. The normalized spacial score (nSPS) is 15.0. The first-order valence-electron chi connectivity index (χ1n) is 9.55. The van der Waals surface area contributed by atoms with Gasteiger partial charge in [0.2, 0.25) is 0 Å². The minimum absolute atomic E-state index is 0.00580. The quantitative estimate of drug-likeness (QED) is 0.422. The Morgan fingerprint density at radius 3 is 2.47 bits per heavy atom. The Morgan fingerprint density at radius 1 is 1.03 bits per heavy atom. The zero-order valence-electron chi connectivity index (χ0n) is 16.9. The number of nitrogens with one attached hydrogen (secondary N) is 2. The minimum Gasteiger partial charge on any atom is -0.378 e. The predicted octanol–water partition coefficient (Wildman–Crippen LogP) is 3.71. The predicted molar refractivity (Wildman–Crippen MR) is 121 cm³/mol. The molecule has 2 N–H and O–H groups in total. The third-order valence-electron chi connectivity index (χ3n) is 4.86. The van der Waals surface area contributed by atoms with Crippen molar-refractivity contribution in [3.63, 3.8) is 0 Å². The van der Waals surface area contributed by atoms with E-state index in [0.717, 1.165) is 4.90 Å². The number of methoxy groups -OCH3 is 1. The topological polar surface area (TPSA) is 96.4 Å². The summed E-state index contributed by atoms with van der Waals surface area (Å²) in [5, 5.41) is 6.56. The first-order chi connectivity index (χ1) is 15.4. The largest absolute Gasteiger partial charge is 0.378 e. The molecule has 0 radical (unpaired) electrons. The molecule has 1 saturated heterocycles. The van der Waals surface area contributed by atoms with E-state index in [1.165, 1.54) is 17.9 Å². The van der Waals surface area contributed by atoms with Crippen LogP contribution in [0.5, 0.6) is 0 Å². The van der Waals surface area contributed by atoms with Gasteiger partial charge in [-0.2, -0.15) is 0 Å². The Morgan fingerprint density at radius 2 is 1.78 bits per heavy atom. The molecule has 8 nitrogen and oxygen atoms in total. The van der Waals surface area contributed by atoms with Crippen LogP contribution in [0.2, 0.25) is 10.0 Å². The number of nitrogens with zero attached hydrogens (tertiary/aromatic N) is 2. The van der Waals surface area contributed by atoms with Crippen LogP contribution >= 0.6 is 23.2 Å². The number of urea groups is 1. The van der Waals surface area contributed by atoms with E-state index in [2.05, 4.69) is 10.4 Å². The highest BCUT2D eigenvalue weighted by molar-refractivity contribution is 6.30. The van der Waals surface area contributed by atoms with Crippen molar-refractivity contribution in [2.75, 3.05) is 7.11 Å². The van der Waals surface area contributed by atoms with Gasteiger partial charge in [-0.3, -0.25) is 19.6 Å². The fraction of sp³-hybridized carbons (Fsp3) is 0.136. The number of ether oxygens (including phenoxy) is 1. The van der Waals surface area contributed by atoms with Gasteiger partial charge in [0.1, 0.15) is 5.70 Å². The van der Waals surface area contributed by atoms with Gasteiger partial charge in [-0.05, 0) is 48.0 Å². The average molecular weight is 473 g/mol. The first kappa shape index (κ1) is 21.9. The van der Waals surface area contributed by atoms with E-state index in [0.29, 0.717) is 27.0 Å². The van der Waals surface area contributed by atoms with Crippen molar-refractivity contribution in [3.05, 3.63) is 91.4 Å². The average Bonchev–Trinajstić information content (AvgIpc) is 3.20. The number of hydrogen-bond acceptors (Lipinski definition) is 4. The molecular formula is C22H18Cl2N4O4. The number of H-pyrrole nitrogens is 1. The van der Waals surface area contributed by atoms with Crippen molar-refractivity contribution < 1.29 is 14.3 Å². The van der Waals surface area contributed by atoms with Crippen LogP contribution in [0, 0.1) is 0 Å². The zero-order chi connectivity index (χ0) is 22.8. The zero-order valence-corrected chi connectivity index (χ0v) is 18.4. The van der Waals surface area contributed by atoms with Crippen molar-refractivity contribution in [1.82, 2.24) is 20.0 Å². The summed E-state index contributed by atoms with van der Waals surface area (Å²) in [4.78, 5) is 39.4. The fourth-order valence-corrected chi connectivity index (χ4v) is 3.69. The second-order valence-electron chi connectivity index (χ2n) is 7.06. The van der Waals surface area contributed by atoms with E-state index in [4.69, 9.17) is 27.9 Å². The summed E-state index contributed by atoms with van der Waals surface area (Å²) < 4.78 is 6.51. The molecule has 1 aliphatic rings. The molecule has 1 fully saturated rings. The third-order valence-corrected chi connectivity index (χ3v) is 5.35. The molecule has 164 valence electrons. The Balaban J connectivity index is 1.68. The van der Waals surface area contributed by atoms with Crippen LogP contribution in [0.3, 0.4) is 0 Å². The molecule has 0 aliphatic carbocycles. The molecule has 10 heteroatoms. The van der Waals surface area contributed by atoms with Crippen molar-refractivity contribution in [2.24, 2.45) is 0 Å². The molecule has 1 aromatic heterocycles. The maximum absolute atomic E-state index is 13.1. The van der Waals surface area contributed by atoms with Crippen LogP contribution in [0.1, 0.15) is 16.8 Å². The lowest BCUT2D eigenvalue weighted by Gasteiger charge is -2.11. The molecule has 1 aliphatic heterocycles. The van der Waals surface area contributed by atoms with Gasteiger partial charge in [0.25, 0.3) is 11.5 Å². The van der Waals surface area contributed by atoms with E-state index in [1.807, 2.05) is 0 Å². The van der Waals surface area contributed by atoms with E-state index in [9.17, 15) is 14.4 Å². The smallest absolute Gasteiger partial charge is 0.329 e. The van der Waals surface area contributed by atoms with Gasteiger partial charge in [-0.1, -0.05) is 35.3 Å². The molecule has 2 heterocycles. The van der Waals surface area contributed by atoms with E-state index < -0.39 is 17.5 Å². The molecule has 0 saturated carbocycles. The second kappa shape index (κ2) is 9.04. The number of carbonyl (C=O) groups excluding carboxylic acids is 2.